The van der Waals surface area contributed by atoms with Crippen molar-refractivity contribution in [3.05, 3.63) is 60.2 Å². The summed E-state index contributed by atoms with van der Waals surface area (Å²) >= 11 is 9.47. The molecule has 17 heavy (non-hydrogen) atoms. The fourth-order valence-electron chi connectivity index (χ4n) is 2.15. The van der Waals surface area contributed by atoms with Gasteiger partial charge in [0, 0.05) is 5.56 Å². The molecule has 0 saturated heterocycles. The molecule has 3 rings (SSSR count). The van der Waals surface area contributed by atoms with Gasteiger partial charge in [0.25, 0.3) is 0 Å². The van der Waals surface area contributed by atoms with Crippen molar-refractivity contribution in [3.8, 4) is 0 Å². The van der Waals surface area contributed by atoms with Crippen molar-refractivity contribution >= 4 is 50.6 Å². The van der Waals surface area contributed by atoms with Crippen LogP contribution in [0.25, 0.3) is 21.5 Å². The molecule has 0 aromatic heterocycles. The van der Waals surface area contributed by atoms with Crippen molar-refractivity contribution in [2.75, 3.05) is 0 Å². The molecular formula is C15H10S2. The second-order valence-electron chi connectivity index (χ2n) is 4.03. The molecule has 0 amide bonds. The van der Waals surface area contributed by atoms with E-state index in [0.717, 1.165) is 5.56 Å². The maximum absolute atomic E-state index is 5.18. The zero-order valence-corrected chi connectivity index (χ0v) is 10.8. The lowest BCUT2D eigenvalue weighted by Crippen LogP contribution is -1.89. The first-order valence-electron chi connectivity index (χ1n) is 5.40. The van der Waals surface area contributed by atoms with E-state index >= 15 is 0 Å². The fraction of sp³-hybridized carbons (Fsp3) is 0. The number of thiocarbonyl (C=S) groups is 1. The highest BCUT2D eigenvalue weighted by molar-refractivity contribution is 8.11. The first-order valence-corrected chi connectivity index (χ1v) is 6.26. The Morgan fingerprint density at radius 1 is 0.824 bits per heavy atom. The van der Waals surface area contributed by atoms with Crippen LogP contribution >= 0.6 is 24.8 Å². The van der Waals surface area contributed by atoms with Gasteiger partial charge >= 0.3 is 0 Å². The van der Waals surface area contributed by atoms with Crippen LogP contribution in [-0.4, -0.2) is 4.20 Å². The molecule has 2 heteroatoms. The molecule has 0 saturated carbocycles. The van der Waals surface area contributed by atoms with Gasteiger partial charge in [-0.3, -0.25) is 0 Å². The van der Waals surface area contributed by atoms with Gasteiger partial charge in [-0.15, -0.1) is 12.6 Å². The summed E-state index contributed by atoms with van der Waals surface area (Å²) in [6.07, 6.45) is 0. The van der Waals surface area contributed by atoms with E-state index in [1.807, 2.05) is 12.1 Å². The maximum Gasteiger partial charge on any atom is 0.0754 e. The van der Waals surface area contributed by atoms with Crippen LogP contribution in [0.3, 0.4) is 0 Å². The quantitative estimate of drug-likeness (QED) is 0.376. The summed E-state index contributed by atoms with van der Waals surface area (Å²) in [5.41, 5.74) is 1.03. The Morgan fingerprint density at radius 3 is 2.18 bits per heavy atom. The Hall–Kier alpha value is -1.38. The second-order valence-corrected chi connectivity index (χ2v) is 5.19. The molecule has 82 valence electrons. The van der Waals surface area contributed by atoms with Gasteiger partial charge in [-0.1, -0.05) is 54.7 Å². The summed E-state index contributed by atoms with van der Waals surface area (Å²) in [6, 6.07) is 18.9. The molecule has 0 radical (unpaired) electrons. The topological polar surface area (TPSA) is 0 Å². The highest BCUT2D eigenvalue weighted by Crippen LogP contribution is 2.26. The lowest BCUT2D eigenvalue weighted by atomic mass is 10.0. The van der Waals surface area contributed by atoms with Crippen LogP contribution in [0.15, 0.2) is 54.6 Å². The second kappa shape index (κ2) is 4.13. The molecule has 0 N–H and O–H groups in total. The smallest absolute Gasteiger partial charge is 0.0754 e. The van der Waals surface area contributed by atoms with E-state index in [-0.39, 0.29) is 0 Å². The highest BCUT2D eigenvalue weighted by Gasteiger charge is 2.04. The van der Waals surface area contributed by atoms with Gasteiger partial charge in [-0.25, -0.2) is 0 Å². The van der Waals surface area contributed by atoms with Crippen molar-refractivity contribution in [2.24, 2.45) is 0 Å². The Morgan fingerprint density at radius 2 is 1.47 bits per heavy atom. The van der Waals surface area contributed by atoms with Gasteiger partial charge in [-0.05, 0) is 33.7 Å². The summed E-state index contributed by atoms with van der Waals surface area (Å²) in [5, 5.41) is 4.86. The minimum Gasteiger partial charge on any atom is -0.131 e. The minimum atomic E-state index is 0.644. The normalized spacial score (nSPS) is 10.9. The van der Waals surface area contributed by atoms with Gasteiger partial charge in [-0.2, -0.15) is 0 Å². The zero-order chi connectivity index (χ0) is 11.8. The maximum atomic E-state index is 5.18. The fourth-order valence-corrected chi connectivity index (χ4v) is 2.53. The molecule has 0 atom stereocenters. The van der Waals surface area contributed by atoms with Crippen molar-refractivity contribution in [1.29, 1.82) is 0 Å². The van der Waals surface area contributed by atoms with E-state index in [9.17, 15) is 0 Å². The van der Waals surface area contributed by atoms with Crippen LogP contribution in [0.2, 0.25) is 0 Å². The van der Waals surface area contributed by atoms with Gasteiger partial charge in [0.2, 0.25) is 0 Å². The highest BCUT2D eigenvalue weighted by atomic mass is 32.1. The molecule has 0 unspecified atom stereocenters. The average Bonchev–Trinajstić information content (AvgIpc) is 2.35. The van der Waals surface area contributed by atoms with Crippen LogP contribution in [0.5, 0.6) is 0 Å². The van der Waals surface area contributed by atoms with Crippen LogP contribution < -0.4 is 0 Å². The third-order valence-corrected chi connectivity index (χ3v) is 3.44. The van der Waals surface area contributed by atoms with Crippen LogP contribution in [0.4, 0.5) is 0 Å². The Bertz CT molecular complexity index is 729. The first kappa shape index (κ1) is 10.8. The third kappa shape index (κ3) is 1.84. The summed E-state index contributed by atoms with van der Waals surface area (Å²) < 4.78 is 0.644. The first-order chi connectivity index (χ1) is 8.25. The Balaban J connectivity index is 2.47. The van der Waals surface area contributed by atoms with E-state index < -0.39 is 0 Å². The minimum absolute atomic E-state index is 0.644. The van der Waals surface area contributed by atoms with E-state index in [1.54, 1.807) is 0 Å². The zero-order valence-electron chi connectivity index (χ0n) is 9.05. The molecule has 0 nitrogen and oxygen atoms in total. The van der Waals surface area contributed by atoms with Crippen LogP contribution in [0.1, 0.15) is 5.56 Å². The molecule has 0 aliphatic rings. The molecule has 0 heterocycles. The number of hydrogen-bond donors (Lipinski definition) is 1. The third-order valence-electron chi connectivity index (χ3n) is 2.98. The number of rotatable bonds is 1. The van der Waals surface area contributed by atoms with Crippen molar-refractivity contribution in [1.82, 2.24) is 0 Å². The number of thiol groups is 1. The molecule has 3 aromatic rings. The molecule has 0 aliphatic heterocycles. The number of benzene rings is 3. The Kier molecular flexibility index (Phi) is 2.61. The standard InChI is InChI=1S/C15H10S2/c16-15(17)13-7-3-6-12-8-10-4-1-2-5-11(10)9-14(12)13/h1-9H,(H,16,17). The van der Waals surface area contributed by atoms with Gasteiger partial charge in [0.05, 0.1) is 4.20 Å². The average molecular weight is 254 g/mol. The lowest BCUT2D eigenvalue weighted by Gasteiger charge is -2.06. The van der Waals surface area contributed by atoms with E-state index in [0.29, 0.717) is 4.20 Å². The van der Waals surface area contributed by atoms with Crippen LogP contribution in [-0.2, 0) is 0 Å². The number of fused-ring (bicyclic) bond motifs is 2. The largest absolute Gasteiger partial charge is 0.131 e. The predicted octanol–water partition coefficient (Wildman–Crippen LogP) is 4.60. The molecular weight excluding hydrogens is 244 g/mol. The number of hydrogen-bond acceptors (Lipinski definition) is 1. The van der Waals surface area contributed by atoms with Crippen molar-refractivity contribution < 1.29 is 0 Å². The van der Waals surface area contributed by atoms with Crippen molar-refractivity contribution in [2.45, 2.75) is 0 Å². The summed E-state index contributed by atoms with van der Waals surface area (Å²) in [6.45, 7) is 0. The van der Waals surface area contributed by atoms with Crippen molar-refractivity contribution in [3.63, 3.8) is 0 Å². The molecule has 0 spiro atoms. The van der Waals surface area contributed by atoms with E-state index in [1.165, 1.54) is 21.5 Å². The molecule has 0 bridgehead atoms. The summed E-state index contributed by atoms with van der Waals surface area (Å²) in [7, 11) is 0. The molecule has 0 aliphatic carbocycles. The SMILES string of the molecule is S=C(S)c1cccc2cc3ccccc3cc12. The lowest BCUT2D eigenvalue weighted by molar-refractivity contribution is 1.75. The Labute approximate surface area is 111 Å². The van der Waals surface area contributed by atoms with Gasteiger partial charge in [0.1, 0.15) is 0 Å². The molecule has 3 aromatic carbocycles. The van der Waals surface area contributed by atoms with E-state index in [2.05, 4.69) is 55.1 Å². The van der Waals surface area contributed by atoms with Crippen LogP contribution in [0, 0.1) is 0 Å². The summed E-state index contributed by atoms with van der Waals surface area (Å²) in [4.78, 5) is 0. The summed E-state index contributed by atoms with van der Waals surface area (Å²) in [5.74, 6) is 0. The van der Waals surface area contributed by atoms with E-state index in [4.69, 9.17) is 12.2 Å². The molecule has 0 fully saturated rings. The van der Waals surface area contributed by atoms with Gasteiger partial charge < -0.3 is 0 Å². The predicted molar refractivity (Wildman–Crippen MR) is 82.1 cm³/mol. The monoisotopic (exact) mass is 254 g/mol. The van der Waals surface area contributed by atoms with Gasteiger partial charge in [0.15, 0.2) is 0 Å².